The average molecular weight is 518 g/mol. The number of thiophene rings is 1. The fourth-order valence-corrected chi connectivity index (χ4v) is 6.22. The molecule has 2 aromatic rings. The highest BCUT2D eigenvalue weighted by Gasteiger charge is 2.28. The monoisotopic (exact) mass is 517 g/mol. The van der Waals surface area contributed by atoms with Crippen molar-refractivity contribution >= 4 is 28.8 Å². The van der Waals surface area contributed by atoms with Crippen molar-refractivity contribution < 1.29 is 14.3 Å². The molecular weight excluding hydrogens is 478 g/mol. The number of carbonyl (C=O) groups is 2. The largest absolute Gasteiger partial charge is 0.469 e. The topological polar surface area (TPSA) is 46.6 Å². The van der Waals surface area contributed by atoms with E-state index in [1.165, 1.54) is 34.4 Å². The molecule has 5 heteroatoms. The Morgan fingerprint density at radius 2 is 1.84 bits per heavy atom. The lowest BCUT2D eigenvalue weighted by Gasteiger charge is -2.32. The van der Waals surface area contributed by atoms with E-state index in [9.17, 15) is 9.59 Å². The lowest BCUT2D eigenvalue weighted by atomic mass is 9.87. The van der Waals surface area contributed by atoms with E-state index >= 15 is 0 Å². The van der Waals surface area contributed by atoms with Crippen molar-refractivity contribution in [3.05, 3.63) is 76.3 Å². The number of nitrogens with zero attached hydrogens (tertiary/aromatic N) is 1. The maximum absolute atomic E-state index is 13.8. The molecule has 1 saturated carbocycles. The highest BCUT2D eigenvalue weighted by molar-refractivity contribution is 7.16. The average Bonchev–Trinajstić information content (AvgIpc) is 3.45. The van der Waals surface area contributed by atoms with E-state index in [-0.39, 0.29) is 17.8 Å². The number of ether oxygens (including phenoxy) is 1. The van der Waals surface area contributed by atoms with E-state index in [1.807, 2.05) is 16.2 Å². The molecule has 37 heavy (non-hydrogen) atoms. The van der Waals surface area contributed by atoms with E-state index in [0.29, 0.717) is 19.4 Å². The molecule has 0 bridgehead atoms. The highest BCUT2D eigenvalue weighted by atomic mass is 32.1. The van der Waals surface area contributed by atoms with Gasteiger partial charge in [0.2, 0.25) is 5.91 Å². The first-order valence-electron chi connectivity index (χ1n) is 13.6. The highest BCUT2D eigenvalue weighted by Crippen LogP contribution is 2.34. The Kier molecular flexibility index (Phi) is 9.56. The third-order valence-corrected chi connectivity index (χ3v) is 8.85. The Labute approximate surface area is 225 Å². The zero-order valence-electron chi connectivity index (χ0n) is 22.4. The molecule has 0 atom stereocenters. The standard InChI is InChI=1S/C32H39NO3S/c1-4-23(2)29-18-19-30(37-29)26-16-13-25(14-17-26)22-33(32(35)27-10-6-5-7-11-27)28-12-8-9-24(21-28)15-20-31(34)36-3/h4,9,13-14,16-19,21,27H,5-8,10-12,15,20,22H2,1-3H3/b23-4+. The SMILES string of the molecule is C/C=C(\C)c1ccc(-c2ccc(CN(C(=O)C3CCCCC3)C3=CC(CCC(=O)OC)=CCC3)cc2)s1. The smallest absolute Gasteiger partial charge is 0.305 e. The van der Waals surface area contributed by atoms with Gasteiger partial charge in [-0.3, -0.25) is 9.59 Å². The van der Waals surface area contributed by atoms with E-state index in [1.54, 1.807) is 0 Å². The zero-order chi connectivity index (χ0) is 26.2. The normalized spacial score (nSPS) is 16.7. The van der Waals surface area contributed by atoms with Gasteiger partial charge in [0.05, 0.1) is 13.7 Å². The molecule has 1 amide bonds. The summed E-state index contributed by atoms with van der Waals surface area (Å²) in [7, 11) is 1.43. The van der Waals surface area contributed by atoms with Crippen LogP contribution in [0.15, 0.2) is 65.9 Å². The van der Waals surface area contributed by atoms with Crippen LogP contribution in [0.3, 0.4) is 0 Å². The first kappa shape index (κ1) is 27.1. The maximum Gasteiger partial charge on any atom is 0.305 e. The summed E-state index contributed by atoms with van der Waals surface area (Å²) in [6, 6.07) is 13.1. The second-order valence-corrected chi connectivity index (χ2v) is 11.2. The Morgan fingerprint density at radius 3 is 2.54 bits per heavy atom. The maximum atomic E-state index is 13.8. The van der Waals surface area contributed by atoms with Crippen LogP contribution in [0.2, 0.25) is 0 Å². The summed E-state index contributed by atoms with van der Waals surface area (Å²) in [5.74, 6) is 0.169. The number of rotatable bonds is 9. The molecule has 2 aliphatic rings. The van der Waals surface area contributed by atoms with Gasteiger partial charge in [-0.25, -0.2) is 0 Å². The third kappa shape index (κ3) is 7.10. The molecule has 4 rings (SSSR count). The third-order valence-electron chi connectivity index (χ3n) is 7.58. The number of benzene rings is 1. The summed E-state index contributed by atoms with van der Waals surface area (Å²) >= 11 is 1.81. The summed E-state index contributed by atoms with van der Waals surface area (Å²) < 4.78 is 4.82. The summed E-state index contributed by atoms with van der Waals surface area (Å²) in [6.45, 7) is 4.80. The van der Waals surface area contributed by atoms with Gasteiger partial charge in [0.15, 0.2) is 0 Å². The summed E-state index contributed by atoms with van der Waals surface area (Å²) in [5.41, 5.74) is 5.84. The van der Waals surface area contributed by atoms with Crippen LogP contribution < -0.4 is 0 Å². The van der Waals surface area contributed by atoms with Gasteiger partial charge in [-0.15, -0.1) is 11.3 Å². The van der Waals surface area contributed by atoms with Crippen LogP contribution in [0.5, 0.6) is 0 Å². The minimum Gasteiger partial charge on any atom is -0.469 e. The van der Waals surface area contributed by atoms with Crippen molar-refractivity contribution in [2.24, 2.45) is 5.92 Å². The van der Waals surface area contributed by atoms with Crippen LogP contribution in [0, 0.1) is 5.92 Å². The summed E-state index contributed by atoms with van der Waals surface area (Å²) in [6.07, 6.45) is 14.7. The minimum absolute atomic E-state index is 0.109. The minimum atomic E-state index is -0.199. The number of carbonyl (C=O) groups excluding carboxylic acids is 2. The van der Waals surface area contributed by atoms with Gasteiger partial charge in [0.25, 0.3) is 0 Å². The number of allylic oxidation sites excluding steroid dienone is 6. The molecule has 1 aromatic carbocycles. The Bertz CT molecular complexity index is 1180. The van der Waals surface area contributed by atoms with E-state index in [2.05, 4.69) is 68.5 Å². The molecule has 4 nitrogen and oxygen atoms in total. The van der Waals surface area contributed by atoms with E-state index in [0.717, 1.165) is 55.4 Å². The van der Waals surface area contributed by atoms with Crippen molar-refractivity contribution in [3.63, 3.8) is 0 Å². The zero-order valence-corrected chi connectivity index (χ0v) is 23.2. The van der Waals surface area contributed by atoms with Crippen LogP contribution in [0.1, 0.15) is 82.1 Å². The quantitative estimate of drug-likeness (QED) is 0.314. The second-order valence-electron chi connectivity index (χ2n) is 10.1. The predicted octanol–water partition coefficient (Wildman–Crippen LogP) is 8.30. The second kappa shape index (κ2) is 13.0. The lowest BCUT2D eigenvalue weighted by Crippen LogP contribution is -2.36. The molecule has 1 heterocycles. The first-order chi connectivity index (χ1) is 18.0. The molecule has 0 radical (unpaired) electrons. The van der Waals surface area contributed by atoms with Crippen LogP contribution in [0.25, 0.3) is 16.0 Å². The number of methoxy groups -OCH3 is 1. The van der Waals surface area contributed by atoms with Crippen molar-refractivity contribution in [2.75, 3.05) is 7.11 Å². The van der Waals surface area contributed by atoms with Gasteiger partial charge in [0, 0.05) is 27.8 Å². The van der Waals surface area contributed by atoms with Crippen molar-refractivity contribution in [2.45, 2.75) is 78.2 Å². The van der Waals surface area contributed by atoms with Crippen LogP contribution in [0.4, 0.5) is 0 Å². The summed E-state index contributed by atoms with van der Waals surface area (Å²) in [4.78, 5) is 30.1. The molecule has 0 spiro atoms. The molecule has 1 fully saturated rings. The Balaban J connectivity index is 1.54. The summed E-state index contributed by atoms with van der Waals surface area (Å²) in [5, 5.41) is 0. The van der Waals surface area contributed by atoms with Crippen LogP contribution in [-0.4, -0.2) is 23.9 Å². The molecule has 0 saturated heterocycles. The van der Waals surface area contributed by atoms with Gasteiger partial charge in [-0.05, 0) is 86.4 Å². The number of hydrogen-bond acceptors (Lipinski definition) is 4. The number of hydrogen-bond donors (Lipinski definition) is 0. The van der Waals surface area contributed by atoms with Gasteiger partial charge >= 0.3 is 5.97 Å². The van der Waals surface area contributed by atoms with Gasteiger partial charge < -0.3 is 9.64 Å². The van der Waals surface area contributed by atoms with Crippen molar-refractivity contribution in [1.82, 2.24) is 4.90 Å². The lowest BCUT2D eigenvalue weighted by molar-refractivity contribution is -0.140. The fourth-order valence-electron chi connectivity index (χ4n) is 5.18. The first-order valence-corrected chi connectivity index (χ1v) is 14.4. The Morgan fingerprint density at radius 1 is 1.08 bits per heavy atom. The molecule has 2 aliphatic carbocycles. The van der Waals surface area contributed by atoms with Crippen LogP contribution >= 0.6 is 11.3 Å². The van der Waals surface area contributed by atoms with Gasteiger partial charge in [-0.2, -0.15) is 0 Å². The molecule has 1 aromatic heterocycles. The van der Waals surface area contributed by atoms with E-state index < -0.39 is 0 Å². The predicted molar refractivity (Wildman–Crippen MR) is 153 cm³/mol. The fraction of sp³-hybridized carbons (Fsp3) is 0.438. The van der Waals surface area contributed by atoms with Crippen LogP contribution in [-0.2, 0) is 20.9 Å². The number of amides is 1. The van der Waals surface area contributed by atoms with Gasteiger partial charge in [0.1, 0.15) is 0 Å². The Hall–Kier alpha value is -2.92. The van der Waals surface area contributed by atoms with Crippen molar-refractivity contribution in [1.29, 1.82) is 0 Å². The number of esters is 1. The molecule has 196 valence electrons. The molecule has 0 aliphatic heterocycles. The molecule has 0 N–H and O–H groups in total. The van der Waals surface area contributed by atoms with Crippen molar-refractivity contribution in [3.8, 4) is 10.4 Å². The van der Waals surface area contributed by atoms with Gasteiger partial charge in [-0.1, -0.05) is 55.7 Å². The molecular formula is C32H39NO3S. The van der Waals surface area contributed by atoms with E-state index in [4.69, 9.17) is 4.74 Å². The molecule has 0 unspecified atom stereocenters.